The lowest BCUT2D eigenvalue weighted by Crippen LogP contribution is -2.03. The first-order valence-corrected chi connectivity index (χ1v) is 5.96. The zero-order valence-corrected chi connectivity index (χ0v) is 10.6. The molecule has 20 heavy (non-hydrogen) atoms. The number of nitrogens with one attached hydrogen (secondary N) is 1. The van der Waals surface area contributed by atoms with Crippen LogP contribution in [-0.4, -0.2) is 11.1 Å². The van der Waals surface area contributed by atoms with Crippen molar-refractivity contribution < 1.29 is 9.90 Å². The first-order valence-electron chi connectivity index (χ1n) is 5.96. The SMILES string of the molecule is N#CCc1ccc(Nc2cc(N)ccc2C(=O)O)cc1. The second-order valence-corrected chi connectivity index (χ2v) is 4.27. The summed E-state index contributed by atoms with van der Waals surface area (Å²) in [5.74, 6) is -1.02. The number of anilines is 3. The van der Waals surface area contributed by atoms with E-state index in [-0.39, 0.29) is 5.56 Å². The quantitative estimate of drug-likeness (QED) is 0.740. The summed E-state index contributed by atoms with van der Waals surface area (Å²) >= 11 is 0. The van der Waals surface area contributed by atoms with E-state index in [0.717, 1.165) is 11.3 Å². The molecule has 2 rings (SSSR count). The Hall–Kier alpha value is -3.00. The van der Waals surface area contributed by atoms with Crippen molar-refractivity contribution >= 4 is 23.0 Å². The fourth-order valence-electron chi connectivity index (χ4n) is 1.80. The zero-order valence-electron chi connectivity index (χ0n) is 10.6. The molecular formula is C15H13N3O2. The van der Waals surface area contributed by atoms with Gasteiger partial charge in [0.2, 0.25) is 0 Å². The highest BCUT2D eigenvalue weighted by molar-refractivity contribution is 5.96. The predicted molar refractivity (Wildman–Crippen MR) is 76.9 cm³/mol. The Bertz CT molecular complexity index is 673. The van der Waals surface area contributed by atoms with Gasteiger partial charge in [-0.15, -0.1) is 0 Å². The van der Waals surface area contributed by atoms with Crippen LogP contribution in [0.2, 0.25) is 0 Å². The van der Waals surface area contributed by atoms with E-state index in [2.05, 4.69) is 11.4 Å². The van der Waals surface area contributed by atoms with Gasteiger partial charge in [0.15, 0.2) is 0 Å². The predicted octanol–water partition coefficient (Wildman–Crippen LogP) is 2.78. The van der Waals surface area contributed by atoms with Crippen LogP contribution in [-0.2, 0) is 6.42 Å². The molecule has 5 nitrogen and oxygen atoms in total. The fraction of sp³-hybridized carbons (Fsp3) is 0.0667. The van der Waals surface area contributed by atoms with E-state index in [9.17, 15) is 4.79 Å². The molecule has 0 radical (unpaired) electrons. The average molecular weight is 267 g/mol. The normalized spacial score (nSPS) is 9.75. The van der Waals surface area contributed by atoms with Gasteiger partial charge in [0.05, 0.1) is 23.7 Å². The van der Waals surface area contributed by atoms with Crippen LogP contribution in [0.25, 0.3) is 0 Å². The van der Waals surface area contributed by atoms with E-state index < -0.39 is 5.97 Å². The van der Waals surface area contributed by atoms with E-state index in [0.29, 0.717) is 17.8 Å². The second kappa shape index (κ2) is 5.76. The molecule has 0 unspecified atom stereocenters. The van der Waals surface area contributed by atoms with Crippen molar-refractivity contribution in [1.29, 1.82) is 5.26 Å². The monoisotopic (exact) mass is 267 g/mol. The average Bonchev–Trinajstić information content (AvgIpc) is 2.41. The molecule has 4 N–H and O–H groups in total. The molecule has 0 bridgehead atoms. The Morgan fingerprint density at radius 3 is 2.55 bits per heavy atom. The summed E-state index contributed by atoms with van der Waals surface area (Å²) in [6.45, 7) is 0. The Kier molecular flexibility index (Phi) is 3.87. The number of nitrogens with zero attached hydrogens (tertiary/aromatic N) is 1. The Morgan fingerprint density at radius 1 is 1.25 bits per heavy atom. The lowest BCUT2D eigenvalue weighted by molar-refractivity contribution is 0.0698. The third kappa shape index (κ3) is 3.06. The van der Waals surface area contributed by atoms with Crippen LogP contribution in [0.4, 0.5) is 17.1 Å². The highest BCUT2D eigenvalue weighted by atomic mass is 16.4. The summed E-state index contributed by atoms with van der Waals surface area (Å²) < 4.78 is 0. The van der Waals surface area contributed by atoms with Crippen molar-refractivity contribution in [3.63, 3.8) is 0 Å². The summed E-state index contributed by atoms with van der Waals surface area (Å²) in [5.41, 5.74) is 8.39. The molecule has 2 aromatic carbocycles. The highest BCUT2D eigenvalue weighted by Crippen LogP contribution is 2.24. The number of hydrogen-bond acceptors (Lipinski definition) is 4. The third-order valence-corrected chi connectivity index (χ3v) is 2.79. The summed E-state index contributed by atoms with van der Waals surface area (Å²) in [6, 6.07) is 13.9. The van der Waals surface area contributed by atoms with Crippen LogP contribution in [0.5, 0.6) is 0 Å². The number of hydrogen-bond donors (Lipinski definition) is 3. The molecule has 0 aliphatic carbocycles. The largest absolute Gasteiger partial charge is 0.478 e. The molecule has 0 atom stereocenters. The van der Waals surface area contributed by atoms with Crippen LogP contribution in [0.1, 0.15) is 15.9 Å². The number of carbonyl (C=O) groups is 1. The number of aromatic carboxylic acids is 1. The number of nitrogen functional groups attached to an aromatic ring is 1. The van der Waals surface area contributed by atoms with Gasteiger partial charge in [0.1, 0.15) is 0 Å². The number of benzene rings is 2. The molecular weight excluding hydrogens is 254 g/mol. The molecule has 5 heteroatoms. The summed E-state index contributed by atoms with van der Waals surface area (Å²) in [7, 11) is 0. The molecule has 0 amide bonds. The Morgan fingerprint density at radius 2 is 1.95 bits per heavy atom. The Balaban J connectivity index is 2.27. The van der Waals surface area contributed by atoms with Gasteiger partial charge in [0, 0.05) is 11.4 Å². The molecule has 0 fully saturated rings. The summed E-state index contributed by atoms with van der Waals surface area (Å²) in [4.78, 5) is 11.1. The van der Waals surface area contributed by atoms with E-state index in [1.54, 1.807) is 24.3 Å². The van der Waals surface area contributed by atoms with Crippen LogP contribution < -0.4 is 11.1 Å². The minimum atomic E-state index is -1.02. The van der Waals surface area contributed by atoms with Crippen molar-refractivity contribution in [3.8, 4) is 6.07 Å². The number of nitriles is 1. The number of carboxylic acids is 1. The fourth-order valence-corrected chi connectivity index (χ4v) is 1.80. The summed E-state index contributed by atoms with van der Waals surface area (Å²) in [6.07, 6.45) is 0.346. The standard InChI is InChI=1S/C15H13N3O2/c16-8-7-10-1-4-12(5-2-10)18-14-9-11(17)3-6-13(14)15(19)20/h1-6,9,18H,7,17H2,(H,19,20). The molecule has 100 valence electrons. The van der Waals surface area contributed by atoms with Crippen LogP contribution in [0.15, 0.2) is 42.5 Å². The second-order valence-electron chi connectivity index (χ2n) is 4.27. The number of rotatable bonds is 4. The van der Waals surface area contributed by atoms with Crippen LogP contribution in [0, 0.1) is 11.3 Å². The van der Waals surface area contributed by atoms with E-state index >= 15 is 0 Å². The van der Waals surface area contributed by atoms with Gasteiger partial charge in [-0.05, 0) is 35.9 Å². The molecule has 0 heterocycles. The molecule has 0 aromatic heterocycles. The van der Waals surface area contributed by atoms with Crippen molar-refractivity contribution in [3.05, 3.63) is 53.6 Å². The van der Waals surface area contributed by atoms with Crippen LogP contribution in [0.3, 0.4) is 0 Å². The highest BCUT2D eigenvalue weighted by Gasteiger charge is 2.10. The minimum Gasteiger partial charge on any atom is -0.478 e. The van der Waals surface area contributed by atoms with E-state index in [1.165, 1.54) is 6.07 Å². The maximum absolute atomic E-state index is 11.1. The van der Waals surface area contributed by atoms with Crippen molar-refractivity contribution in [2.75, 3.05) is 11.1 Å². The summed E-state index contributed by atoms with van der Waals surface area (Å²) in [5, 5.41) is 20.8. The van der Waals surface area contributed by atoms with E-state index in [4.69, 9.17) is 16.1 Å². The smallest absolute Gasteiger partial charge is 0.337 e. The minimum absolute atomic E-state index is 0.153. The van der Waals surface area contributed by atoms with Gasteiger partial charge in [-0.2, -0.15) is 5.26 Å². The van der Waals surface area contributed by atoms with Gasteiger partial charge in [-0.3, -0.25) is 0 Å². The van der Waals surface area contributed by atoms with Gasteiger partial charge < -0.3 is 16.2 Å². The molecule has 0 saturated heterocycles. The topological polar surface area (TPSA) is 99.1 Å². The lowest BCUT2D eigenvalue weighted by Gasteiger charge is -2.10. The van der Waals surface area contributed by atoms with Crippen molar-refractivity contribution in [2.45, 2.75) is 6.42 Å². The number of carboxylic acid groups (broad SMARTS) is 1. The van der Waals surface area contributed by atoms with Gasteiger partial charge >= 0.3 is 5.97 Å². The molecule has 2 aromatic rings. The van der Waals surface area contributed by atoms with Crippen molar-refractivity contribution in [2.24, 2.45) is 0 Å². The third-order valence-electron chi connectivity index (χ3n) is 2.79. The number of nitrogens with two attached hydrogens (primary N) is 1. The maximum Gasteiger partial charge on any atom is 0.337 e. The Labute approximate surface area is 116 Å². The van der Waals surface area contributed by atoms with Gasteiger partial charge in [-0.25, -0.2) is 4.79 Å². The van der Waals surface area contributed by atoms with Crippen LogP contribution >= 0.6 is 0 Å². The van der Waals surface area contributed by atoms with Gasteiger partial charge in [0.25, 0.3) is 0 Å². The maximum atomic E-state index is 11.1. The first-order chi connectivity index (χ1) is 9.60. The van der Waals surface area contributed by atoms with E-state index in [1.807, 2.05) is 12.1 Å². The molecule has 0 aliphatic heterocycles. The van der Waals surface area contributed by atoms with Crippen molar-refractivity contribution in [1.82, 2.24) is 0 Å². The lowest BCUT2D eigenvalue weighted by atomic mass is 10.1. The van der Waals surface area contributed by atoms with Gasteiger partial charge in [-0.1, -0.05) is 12.1 Å². The zero-order chi connectivity index (χ0) is 14.5. The molecule has 0 spiro atoms. The first kappa shape index (κ1) is 13.4. The molecule has 0 saturated carbocycles. The molecule has 0 aliphatic rings.